The average molecular weight is 1390 g/mol. The number of carboxylic acids is 1. The van der Waals surface area contributed by atoms with E-state index in [4.69, 9.17) is 23.2 Å². The number of benzene rings is 1. The first-order valence-electron chi connectivity index (χ1n) is 32.4. The molecule has 33 nitrogen and oxygen atoms in total. The number of pyridine rings is 2. The van der Waals surface area contributed by atoms with Crippen molar-refractivity contribution in [1.82, 2.24) is 84.1 Å². The lowest BCUT2D eigenvalue weighted by Crippen LogP contribution is -2.61. The van der Waals surface area contributed by atoms with Gasteiger partial charge in [-0.1, -0.05) is 63.6 Å². The molecule has 34 heteroatoms. The number of nitrogens with two attached hydrogens (primary N) is 2. The van der Waals surface area contributed by atoms with Gasteiger partial charge in [-0.2, -0.15) is 0 Å². The summed E-state index contributed by atoms with van der Waals surface area (Å²) in [6.45, 7) is 7.66. The predicted molar refractivity (Wildman–Crippen MR) is 354 cm³/mol. The molecular formula is C64H91ClN18O15. The Bertz CT molecular complexity index is 3260. The maximum Gasteiger partial charge on any atom is 0.327 e. The van der Waals surface area contributed by atoms with E-state index in [1.807, 2.05) is 19.3 Å². The van der Waals surface area contributed by atoms with Crippen molar-refractivity contribution in [2.24, 2.45) is 17.5 Å². The van der Waals surface area contributed by atoms with Gasteiger partial charge in [-0.3, -0.25) is 77.7 Å². The van der Waals surface area contributed by atoms with Gasteiger partial charge in [0.05, 0.1) is 19.4 Å². The van der Waals surface area contributed by atoms with Crippen LogP contribution < -0.4 is 80.8 Å². The summed E-state index contributed by atoms with van der Waals surface area (Å²) in [7, 11) is 0. The molecule has 2 aromatic heterocycles. The van der Waals surface area contributed by atoms with Crippen LogP contribution in [0.25, 0.3) is 0 Å². The Balaban J connectivity index is 1.51. The molecule has 18 N–H and O–H groups in total. The first kappa shape index (κ1) is 79.0. The number of rotatable bonds is 28. The van der Waals surface area contributed by atoms with E-state index >= 15 is 0 Å². The van der Waals surface area contributed by atoms with Gasteiger partial charge in [0.25, 0.3) is 0 Å². The van der Waals surface area contributed by atoms with Gasteiger partial charge < -0.3 is 79.5 Å². The number of carboxylic acid groups (broad SMARTS) is 1. The van der Waals surface area contributed by atoms with Gasteiger partial charge in [0.15, 0.2) is 0 Å². The Labute approximate surface area is 571 Å². The van der Waals surface area contributed by atoms with Crippen LogP contribution in [0, 0.1) is 5.92 Å². The summed E-state index contributed by atoms with van der Waals surface area (Å²) in [5.74, 6) is -8.13. The first-order valence-corrected chi connectivity index (χ1v) is 32.7. The van der Waals surface area contributed by atoms with Crippen LogP contribution in [-0.4, -0.2) is 202 Å². The Kier molecular flexibility index (Phi) is 32.3. The molecule has 3 aromatic rings. The number of nitrogens with one attached hydrogen (secondary N) is 13. The maximum atomic E-state index is 15.0. The molecule has 1 aromatic carbocycles. The van der Waals surface area contributed by atoms with Crippen LogP contribution in [0.4, 0.5) is 0 Å². The number of hydrogen-bond acceptors (Lipinski definition) is 19. The lowest BCUT2D eigenvalue weighted by atomic mass is 10.00. The fourth-order valence-electron chi connectivity index (χ4n) is 10.7. The molecule has 0 spiro atoms. The van der Waals surface area contributed by atoms with E-state index in [1.54, 1.807) is 50.2 Å². The molecule has 4 heterocycles. The number of aliphatic carboxylic acids is 1. The molecule has 0 bridgehead atoms. The smallest absolute Gasteiger partial charge is 0.327 e. The number of hydrogen-bond donors (Lipinski definition) is 16. The van der Waals surface area contributed by atoms with Crippen molar-refractivity contribution in [3.05, 3.63) is 95.0 Å². The van der Waals surface area contributed by atoms with Crippen LogP contribution in [0.5, 0.6) is 0 Å². The highest BCUT2D eigenvalue weighted by Crippen LogP contribution is 2.21. The number of amides is 13. The third-order valence-electron chi connectivity index (χ3n) is 15.8. The highest BCUT2D eigenvalue weighted by Gasteiger charge is 2.41. The van der Waals surface area contributed by atoms with Crippen LogP contribution in [-0.2, 0) is 86.4 Å². The lowest BCUT2D eigenvalue weighted by molar-refractivity contribution is -0.145. The number of hydrazine groups is 1. The largest absolute Gasteiger partial charge is 0.480 e. The predicted octanol–water partition coefficient (Wildman–Crippen LogP) is -3.80. The maximum absolute atomic E-state index is 15.0. The minimum absolute atomic E-state index is 0.0151. The van der Waals surface area contributed by atoms with Gasteiger partial charge >= 0.3 is 5.97 Å². The second-order valence-corrected chi connectivity index (χ2v) is 25.0. The molecule has 0 radical (unpaired) electrons. The summed E-state index contributed by atoms with van der Waals surface area (Å²) in [6, 6.07) is -2.59. The van der Waals surface area contributed by atoms with Crippen LogP contribution >= 0.6 is 11.6 Å². The van der Waals surface area contributed by atoms with E-state index in [-0.39, 0.29) is 57.0 Å². The number of unbranched alkanes of at least 4 members (excludes halogenated alkanes) is 1. The van der Waals surface area contributed by atoms with E-state index in [9.17, 15) is 72.2 Å². The number of carbonyl (C=O) groups is 14. The quantitative estimate of drug-likeness (QED) is 0.0143. The van der Waals surface area contributed by atoms with Gasteiger partial charge in [0, 0.05) is 81.7 Å². The summed E-state index contributed by atoms with van der Waals surface area (Å²) >= 11 is 6.15. The second kappa shape index (κ2) is 40.1. The van der Waals surface area contributed by atoms with E-state index < -0.39 is 182 Å². The first-order chi connectivity index (χ1) is 46.6. The van der Waals surface area contributed by atoms with Crippen LogP contribution in [0.3, 0.4) is 0 Å². The molecule has 0 aliphatic carbocycles. The van der Waals surface area contributed by atoms with Gasteiger partial charge in [-0.15, -0.1) is 0 Å². The summed E-state index contributed by atoms with van der Waals surface area (Å²) in [5, 5.41) is 41.3. The summed E-state index contributed by atoms with van der Waals surface area (Å²) in [5.41, 5.74) is 8.74. The molecule has 98 heavy (non-hydrogen) atoms. The Morgan fingerprint density at radius 2 is 1.29 bits per heavy atom. The molecule has 2 fully saturated rings. The highest BCUT2D eigenvalue weighted by molar-refractivity contribution is 6.30. The van der Waals surface area contributed by atoms with E-state index in [2.05, 4.69) is 73.8 Å². The van der Waals surface area contributed by atoms with Crippen LogP contribution in [0.2, 0.25) is 5.02 Å². The standard InChI is InChI=1S/C64H91ClN18O15/c1-35(2)25-44(56(89)75-43(13-6-7-22-70-36(3)4)63(96)83-24-10-14-51(83)62(95)81-50(31-66)64(97)98)76-58(91)46(27-39-11-8-20-68-32-39)77-55(88)42-19-23-71-54(87)34-72-52(85)29-48(73-37(5)84)60(93)78-45(26-38-15-17-41(65)18-16-38)57(90)79-47(28-40-12-9-21-69-33-40)59(92)80-49(61(94)74-42)30-53(86)82-67/h8-9,11-12,15-18,20-21,32-33,35-36,42-51,70H,6-7,10,13-14,19,22-31,34,66-67H2,1-5H3,(H,71,87)(H,72,85)(H,73,84)(H,74,94)(H,75,89)(H,76,91)(H,77,88)(H,78,93)(H,79,90)(H,80,92)(H,81,95)(H,82,86)(H,97,98)/t42-,43-,44-,45+,46+,47+,48-,49-,50-,51-/m0/s1. The Morgan fingerprint density at radius 1 is 0.684 bits per heavy atom. The summed E-state index contributed by atoms with van der Waals surface area (Å²) < 4.78 is 0. The van der Waals surface area contributed by atoms with Crippen molar-refractivity contribution < 1.29 is 72.2 Å². The fraction of sp³-hybridized carbons (Fsp3) is 0.531. The Morgan fingerprint density at radius 3 is 1.89 bits per heavy atom. The average Bonchev–Trinajstić information content (AvgIpc) is 1.51. The van der Waals surface area contributed by atoms with Crippen molar-refractivity contribution in [3.63, 3.8) is 0 Å². The third kappa shape index (κ3) is 26.7. The molecule has 10 atom stereocenters. The molecule has 2 aliphatic heterocycles. The topological polar surface area (TPSA) is 497 Å². The van der Waals surface area contributed by atoms with Crippen LogP contribution in [0.1, 0.15) is 109 Å². The highest BCUT2D eigenvalue weighted by atomic mass is 35.5. The van der Waals surface area contributed by atoms with Crippen LogP contribution in [0.15, 0.2) is 73.3 Å². The second-order valence-electron chi connectivity index (χ2n) is 24.6. The monoisotopic (exact) mass is 1390 g/mol. The van der Waals surface area contributed by atoms with Crippen molar-refractivity contribution in [3.8, 4) is 0 Å². The molecule has 13 amide bonds. The van der Waals surface area contributed by atoms with Gasteiger partial charge in [-0.05, 0) is 98.4 Å². The zero-order valence-electron chi connectivity index (χ0n) is 55.4. The normalized spacial score (nSPS) is 20.4. The van der Waals surface area contributed by atoms with E-state index in [1.165, 1.54) is 41.8 Å². The van der Waals surface area contributed by atoms with Gasteiger partial charge in [0.1, 0.15) is 60.4 Å². The third-order valence-corrected chi connectivity index (χ3v) is 16.0. The van der Waals surface area contributed by atoms with Gasteiger partial charge in [-0.25, -0.2) is 10.6 Å². The molecule has 534 valence electrons. The SMILES string of the molecule is CC(=O)N[C@H]1CC(=O)NCC(=O)NCC[C@@H](C(=O)N[C@H](Cc2cccnc2)C(=O)N[C@@H](CC(C)C)C(=O)N[C@@H](CCCCNC(C)C)C(=O)N2CCC[C@H]2C(=O)N[C@@H](CN)C(=O)O)NC(=O)[C@H](CC(=O)NN)NC(=O)[C@@H](Cc2cccnc2)NC(=O)[C@@H](Cc2ccc(Cl)cc2)NC1=O. The number of aromatic nitrogens is 2. The van der Waals surface area contributed by atoms with E-state index in [0.717, 1.165) is 6.92 Å². The summed E-state index contributed by atoms with van der Waals surface area (Å²) in [6.07, 6.45) is 4.39. The number of halogens is 1. The molecule has 2 aliphatic rings. The molecule has 0 unspecified atom stereocenters. The minimum Gasteiger partial charge on any atom is -0.480 e. The zero-order valence-corrected chi connectivity index (χ0v) is 56.2. The number of nitrogens with zero attached hydrogens (tertiary/aromatic N) is 3. The lowest BCUT2D eigenvalue weighted by Gasteiger charge is -2.31. The summed E-state index contributed by atoms with van der Waals surface area (Å²) in [4.78, 5) is 205. The van der Waals surface area contributed by atoms with Crippen molar-refractivity contribution in [2.75, 3.05) is 32.7 Å². The van der Waals surface area contributed by atoms with Gasteiger partial charge in [0.2, 0.25) is 76.8 Å². The van der Waals surface area contributed by atoms with Crippen molar-refractivity contribution in [1.29, 1.82) is 0 Å². The van der Waals surface area contributed by atoms with E-state index in [0.29, 0.717) is 47.5 Å². The molecule has 0 saturated carbocycles. The van der Waals surface area contributed by atoms with Crippen molar-refractivity contribution in [2.45, 2.75) is 178 Å². The molecule has 5 rings (SSSR count). The minimum atomic E-state index is -1.90. The fourth-order valence-corrected chi connectivity index (χ4v) is 10.9. The number of carbonyl (C=O) groups excluding carboxylic acids is 13. The molecule has 2 saturated heterocycles. The zero-order chi connectivity index (χ0) is 72.0. The number of likely N-dealkylation sites (tertiary alicyclic amines) is 1. The Hall–Kier alpha value is -9.73. The van der Waals surface area contributed by atoms with Crippen molar-refractivity contribution >= 4 is 94.4 Å². The molecular weight excluding hydrogens is 1300 g/mol.